The van der Waals surface area contributed by atoms with Gasteiger partial charge in [0.2, 0.25) is 0 Å². The Hall–Kier alpha value is -4.48. The topological polar surface area (TPSA) is 41.9 Å². The number of pyridine rings is 1. The molecule has 0 bridgehead atoms. The number of nitrogens with zero attached hydrogens (tertiary/aromatic N) is 3. The highest BCUT2D eigenvalue weighted by molar-refractivity contribution is 7.26. The third-order valence-corrected chi connectivity index (χ3v) is 9.99. The number of benzene rings is 4. The van der Waals surface area contributed by atoms with Gasteiger partial charge >= 0.3 is 0 Å². The third-order valence-electron chi connectivity index (χ3n) is 8.64. The lowest BCUT2D eigenvalue weighted by atomic mass is 9.86. The lowest BCUT2D eigenvalue weighted by Gasteiger charge is -2.22. The molecule has 0 saturated carbocycles. The first-order valence-corrected chi connectivity index (χ1v) is 16.4. The Morgan fingerprint density at radius 1 is 0.844 bits per heavy atom. The van der Waals surface area contributed by atoms with E-state index >= 15 is 0 Å². The second-order valence-corrected chi connectivity index (χ2v) is 15.4. The van der Waals surface area contributed by atoms with E-state index in [1.807, 2.05) is 52.4 Å². The highest BCUT2D eigenvalue weighted by Gasteiger charge is 2.23. The maximum Gasteiger partial charge on any atom is 0.269 e. The minimum absolute atomic E-state index is 0.194. The summed E-state index contributed by atoms with van der Waals surface area (Å²) in [6, 6.07) is 29.5. The van der Waals surface area contributed by atoms with Crippen molar-refractivity contribution in [3.05, 3.63) is 114 Å². The Balaban J connectivity index is 1.37. The molecule has 226 valence electrons. The zero-order chi connectivity index (χ0) is 31.7. The monoisotopic (exact) mass is 609 g/mol. The highest BCUT2D eigenvalue weighted by Crippen LogP contribution is 2.42. The number of thiophene rings is 1. The summed E-state index contributed by atoms with van der Waals surface area (Å²) in [7, 11) is 0. The normalized spacial score (nSPS) is 12.5. The smallest absolute Gasteiger partial charge is 0.269 e. The largest absolute Gasteiger partial charge is 0.511 e. The van der Waals surface area contributed by atoms with E-state index in [2.05, 4.69) is 114 Å². The molecule has 0 saturated heterocycles. The fourth-order valence-corrected chi connectivity index (χ4v) is 7.78. The van der Waals surface area contributed by atoms with Crippen LogP contribution >= 0.6 is 11.3 Å². The number of para-hydroxylation sites is 3. The van der Waals surface area contributed by atoms with Crippen LogP contribution in [0.4, 0.5) is 0 Å². The van der Waals surface area contributed by atoms with Crippen LogP contribution in [0.2, 0.25) is 0 Å². The molecule has 4 aromatic carbocycles. The molecule has 0 aliphatic rings. The minimum Gasteiger partial charge on any atom is -0.511 e. The van der Waals surface area contributed by atoms with Crippen LogP contribution in [0.3, 0.4) is 0 Å². The second-order valence-electron chi connectivity index (χ2n) is 14.3. The molecule has 0 fully saturated rings. The molecule has 0 spiro atoms. The van der Waals surface area contributed by atoms with Crippen molar-refractivity contribution in [1.82, 2.24) is 9.55 Å². The molecular weight excluding hydrogens is 571 g/mol. The molecule has 1 N–H and O–H groups in total. The number of rotatable bonds is 4. The molecule has 0 radical (unpaired) electrons. The maximum atomic E-state index is 11.4. The standard InChI is InChI=1S/C40H39N3OS/c1-25-27(23-39(2,3)4)18-19-29-30-20-21-41-35(38(30)45-37(25)29)26-12-10-13-28(22-26)42-24-43(33-16-9-8-15-32(33)42)34-17-11-14-31(36(34)44)40(5,6)7/h8-22,44H,23H2,1-7H3. The van der Waals surface area contributed by atoms with Crippen molar-refractivity contribution in [1.29, 1.82) is 0 Å². The first kappa shape index (κ1) is 29.2. The quantitative estimate of drug-likeness (QED) is 0.159. The number of aromatic hydroxyl groups is 1. The summed E-state index contributed by atoms with van der Waals surface area (Å²) >= 11 is 1.85. The van der Waals surface area contributed by atoms with E-state index in [0.717, 1.165) is 40.0 Å². The second kappa shape index (κ2) is 10.6. The summed E-state index contributed by atoms with van der Waals surface area (Å²) in [4.78, 5) is 4.93. The van der Waals surface area contributed by atoms with Crippen LogP contribution in [0.1, 0.15) is 58.2 Å². The molecule has 0 atom stereocenters. The van der Waals surface area contributed by atoms with Gasteiger partial charge in [0, 0.05) is 21.7 Å². The summed E-state index contributed by atoms with van der Waals surface area (Å²) in [6.45, 7) is 15.5. The number of aryl methyl sites for hydroxylation is 1. The molecular formula is C40H39N3OS. The number of fused-ring (bicyclic) bond motifs is 4. The van der Waals surface area contributed by atoms with Gasteiger partial charge in [0.15, 0.2) is 0 Å². The molecule has 7 aromatic rings. The van der Waals surface area contributed by atoms with E-state index in [9.17, 15) is 5.11 Å². The zero-order valence-electron chi connectivity index (χ0n) is 27.1. The maximum absolute atomic E-state index is 11.4. The summed E-state index contributed by atoms with van der Waals surface area (Å²) < 4.78 is 6.60. The van der Waals surface area contributed by atoms with Crippen molar-refractivity contribution in [3.8, 4) is 28.4 Å². The summed E-state index contributed by atoms with van der Waals surface area (Å²) in [6.07, 6.45) is 6.55. The van der Waals surface area contributed by atoms with Crippen molar-refractivity contribution in [2.45, 2.75) is 60.3 Å². The summed E-state index contributed by atoms with van der Waals surface area (Å²) in [5.74, 6) is 0.282. The zero-order valence-corrected chi connectivity index (χ0v) is 27.9. The SMILES string of the molecule is Cc1c(CC(C)(C)C)ccc2c1sc1c(-c3cccc(-[n+]4[c-]n(-c5cccc(C(C)(C)C)c5O)c5ccccc54)c3)nccc12. The van der Waals surface area contributed by atoms with E-state index in [-0.39, 0.29) is 16.6 Å². The molecule has 0 unspecified atom stereocenters. The Morgan fingerprint density at radius 2 is 1.60 bits per heavy atom. The van der Waals surface area contributed by atoms with Gasteiger partial charge < -0.3 is 5.11 Å². The van der Waals surface area contributed by atoms with Gasteiger partial charge in [-0.15, -0.1) is 11.3 Å². The number of hydrogen-bond acceptors (Lipinski definition) is 3. The van der Waals surface area contributed by atoms with Gasteiger partial charge in [-0.05, 0) is 70.7 Å². The Bertz CT molecular complexity index is 2240. The summed E-state index contributed by atoms with van der Waals surface area (Å²) in [5.41, 5.74) is 9.46. The Morgan fingerprint density at radius 3 is 2.38 bits per heavy atom. The minimum atomic E-state index is -0.194. The van der Waals surface area contributed by atoms with Crippen molar-refractivity contribution in [3.63, 3.8) is 0 Å². The van der Waals surface area contributed by atoms with E-state index in [1.54, 1.807) is 0 Å². The Labute approximate surface area is 269 Å². The van der Waals surface area contributed by atoms with Gasteiger partial charge in [-0.3, -0.25) is 14.1 Å². The first-order chi connectivity index (χ1) is 21.4. The van der Waals surface area contributed by atoms with E-state index in [4.69, 9.17) is 4.98 Å². The van der Waals surface area contributed by atoms with Crippen LogP contribution in [0.15, 0.2) is 91.1 Å². The van der Waals surface area contributed by atoms with Gasteiger partial charge in [0.25, 0.3) is 6.33 Å². The molecule has 0 amide bonds. The number of imidazole rings is 1. The van der Waals surface area contributed by atoms with E-state index < -0.39 is 0 Å². The van der Waals surface area contributed by atoms with Crippen LogP contribution in [-0.2, 0) is 11.8 Å². The van der Waals surface area contributed by atoms with E-state index in [1.165, 1.54) is 31.3 Å². The van der Waals surface area contributed by atoms with Crippen LogP contribution in [-0.4, -0.2) is 14.7 Å². The molecule has 0 aliphatic heterocycles. The number of phenols is 1. The fraction of sp³-hybridized carbons (Fsp3) is 0.250. The van der Waals surface area contributed by atoms with Crippen molar-refractivity contribution >= 4 is 42.5 Å². The van der Waals surface area contributed by atoms with Crippen molar-refractivity contribution in [2.24, 2.45) is 5.41 Å². The lowest BCUT2D eigenvalue weighted by molar-refractivity contribution is -0.572. The average molecular weight is 610 g/mol. The number of hydrogen-bond donors (Lipinski definition) is 1. The van der Waals surface area contributed by atoms with Gasteiger partial charge in [-0.2, -0.15) is 0 Å². The van der Waals surface area contributed by atoms with Gasteiger partial charge in [0.1, 0.15) is 11.4 Å². The van der Waals surface area contributed by atoms with Gasteiger partial charge in [0.05, 0.1) is 27.1 Å². The molecule has 0 aliphatic carbocycles. The molecule has 4 nitrogen and oxygen atoms in total. The molecule has 3 heterocycles. The van der Waals surface area contributed by atoms with Crippen LogP contribution in [0.25, 0.3) is 53.8 Å². The summed E-state index contributed by atoms with van der Waals surface area (Å²) in [5, 5.41) is 14.0. The highest BCUT2D eigenvalue weighted by atomic mass is 32.1. The predicted molar refractivity (Wildman–Crippen MR) is 188 cm³/mol. The van der Waals surface area contributed by atoms with Crippen LogP contribution < -0.4 is 4.57 Å². The lowest BCUT2D eigenvalue weighted by Crippen LogP contribution is -2.29. The Kier molecular flexibility index (Phi) is 6.86. The molecule has 3 aromatic heterocycles. The van der Waals surface area contributed by atoms with Crippen LogP contribution in [0, 0.1) is 18.7 Å². The molecule has 5 heteroatoms. The molecule has 7 rings (SSSR count). The van der Waals surface area contributed by atoms with E-state index in [0.29, 0.717) is 5.69 Å². The van der Waals surface area contributed by atoms with Gasteiger partial charge in [-0.25, -0.2) is 0 Å². The van der Waals surface area contributed by atoms with Gasteiger partial charge in [-0.1, -0.05) is 102 Å². The number of phenolic OH excluding ortho intramolecular Hbond substituents is 1. The van der Waals surface area contributed by atoms with Crippen LogP contribution in [0.5, 0.6) is 5.75 Å². The third kappa shape index (κ3) is 5.09. The van der Waals surface area contributed by atoms with Crippen molar-refractivity contribution in [2.75, 3.05) is 0 Å². The fourth-order valence-electron chi connectivity index (χ4n) is 6.45. The predicted octanol–water partition coefficient (Wildman–Crippen LogP) is 10.0. The average Bonchev–Trinajstić information content (AvgIpc) is 3.57. The first-order valence-electron chi connectivity index (χ1n) is 15.6. The molecule has 45 heavy (non-hydrogen) atoms. The number of aromatic nitrogens is 3. The van der Waals surface area contributed by atoms with Crippen molar-refractivity contribution < 1.29 is 9.67 Å².